The van der Waals surface area contributed by atoms with Crippen molar-refractivity contribution in [3.8, 4) is 0 Å². The van der Waals surface area contributed by atoms with Gasteiger partial charge in [0.2, 0.25) is 0 Å². The molecule has 0 spiro atoms. The fourth-order valence-corrected chi connectivity index (χ4v) is 4.00. The molecule has 1 aromatic carbocycles. The van der Waals surface area contributed by atoms with Crippen molar-refractivity contribution < 1.29 is 5.11 Å². The number of aliphatic hydroxyl groups is 1. The molecule has 3 atom stereocenters. The quantitative estimate of drug-likeness (QED) is 0.834. The summed E-state index contributed by atoms with van der Waals surface area (Å²) < 4.78 is 0. The summed E-state index contributed by atoms with van der Waals surface area (Å²) in [5, 5.41) is 11.4. The van der Waals surface area contributed by atoms with Gasteiger partial charge in [-0.2, -0.15) is 0 Å². The van der Waals surface area contributed by atoms with Crippen LogP contribution in [0.5, 0.6) is 0 Å². The van der Waals surface area contributed by atoms with Crippen LogP contribution >= 0.6 is 0 Å². The first-order valence-electron chi connectivity index (χ1n) is 8.05. The van der Waals surface area contributed by atoms with Gasteiger partial charge < -0.3 is 10.8 Å². The van der Waals surface area contributed by atoms with Crippen molar-refractivity contribution in [3.05, 3.63) is 35.9 Å². The maximum atomic E-state index is 11.4. The lowest BCUT2D eigenvalue weighted by Gasteiger charge is -2.45. The molecule has 1 aliphatic rings. The van der Waals surface area contributed by atoms with E-state index in [4.69, 9.17) is 5.73 Å². The van der Waals surface area contributed by atoms with Gasteiger partial charge in [-0.05, 0) is 37.2 Å². The normalized spacial score (nSPS) is 29.3. The van der Waals surface area contributed by atoms with Crippen molar-refractivity contribution in [2.45, 2.75) is 58.0 Å². The second-order valence-electron chi connectivity index (χ2n) is 6.55. The van der Waals surface area contributed by atoms with Gasteiger partial charge in [0.05, 0.1) is 5.60 Å². The number of hydrogen-bond donors (Lipinski definition) is 2. The van der Waals surface area contributed by atoms with Crippen LogP contribution in [0.25, 0.3) is 0 Å². The Morgan fingerprint density at radius 3 is 2.50 bits per heavy atom. The van der Waals surface area contributed by atoms with E-state index >= 15 is 0 Å². The Kier molecular flexibility index (Phi) is 4.87. The van der Waals surface area contributed by atoms with Crippen molar-refractivity contribution in [1.82, 2.24) is 0 Å². The Morgan fingerprint density at radius 1 is 1.30 bits per heavy atom. The van der Waals surface area contributed by atoms with E-state index in [1.807, 2.05) is 18.2 Å². The third-order valence-corrected chi connectivity index (χ3v) is 5.59. The fraction of sp³-hybridized carbons (Fsp3) is 0.667. The highest BCUT2D eigenvalue weighted by Gasteiger charge is 2.51. The average molecular weight is 275 g/mol. The van der Waals surface area contributed by atoms with E-state index in [0.29, 0.717) is 6.54 Å². The van der Waals surface area contributed by atoms with Gasteiger partial charge in [-0.25, -0.2) is 0 Å². The molecule has 2 nitrogen and oxygen atoms in total. The summed E-state index contributed by atoms with van der Waals surface area (Å²) in [7, 11) is 0. The molecule has 3 unspecified atom stereocenters. The summed E-state index contributed by atoms with van der Waals surface area (Å²) >= 11 is 0. The molecule has 0 saturated heterocycles. The molecule has 0 bridgehead atoms. The minimum Gasteiger partial charge on any atom is -0.389 e. The van der Waals surface area contributed by atoms with E-state index in [1.54, 1.807) is 0 Å². The lowest BCUT2D eigenvalue weighted by molar-refractivity contribution is -0.0828. The van der Waals surface area contributed by atoms with Crippen molar-refractivity contribution in [2.24, 2.45) is 17.1 Å². The van der Waals surface area contributed by atoms with Crippen molar-refractivity contribution >= 4 is 0 Å². The van der Waals surface area contributed by atoms with Gasteiger partial charge in [0.15, 0.2) is 0 Å². The lowest BCUT2D eigenvalue weighted by atomic mass is 9.66. The third-order valence-electron chi connectivity index (χ3n) is 5.59. The van der Waals surface area contributed by atoms with Crippen LogP contribution in [-0.2, 0) is 6.42 Å². The van der Waals surface area contributed by atoms with Crippen molar-refractivity contribution in [2.75, 3.05) is 6.54 Å². The van der Waals surface area contributed by atoms with Gasteiger partial charge in [-0.15, -0.1) is 0 Å². The average Bonchev–Trinajstić information content (AvgIpc) is 2.93. The second kappa shape index (κ2) is 6.28. The molecule has 2 heteroatoms. The molecule has 2 rings (SSSR count). The molecule has 1 aliphatic carbocycles. The first-order chi connectivity index (χ1) is 9.59. The predicted octanol–water partition coefficient (Wildman–Crippen LogP) is 3.53. The molecule has 112 valence electrons. The van der Waals surface area contributed by atoms with Gasteiger partial charge in [-0.3, -0.25) is 0 Å². The largest absolute Gasteiger partial charge is 0.389 e. The first-order valence-corrected chi connectivity index (χ1v) is 8.05. The molecule has 20 heavy (non-hydrogen) atoms. The van der Waals surface area contributed by atoms with Gasteiger partial charge in [-0.1, -0.05) is 50.6 Å². The summed E-state index contributed by atoms with van der Waals surface area (Å²) in [6.45, 7) is 4.94. The maximum Gasteiger partial charge on any atom is 0.0753 e. The Morgan fingerprint density at radius 2 is 2.00 bits per heavy atom. The molecular formula is C18H29NO. The van der Waals surface area contributed by atoms with E-state index in [9.17, 15) is 5.11 Å². The Hall–Kier alpha value is -0.860. The van der Waals surface area contributed by atoms with Crippen molar-refractivity contribution in [1.29, 1.82) is 0 Å². The van der Waals surface area contributed by atoms with Crippen LogP contribution in [0.2, 0.25) is 0 Å². The Balaban J connectivity index is 2.24. The summed E-state index contributed by atoms with van der Waals surface area (Å²) in [4.78, 5) is 0. The van der Waals surface area contributed by atoms with Crippen LogP contribution in [0.3, 0.4) is 0 Å². The molecule has 0 heterocycles. The summed E-state index contributed by atoms with van der Waals surface area (Å²) in [6.07, 6.45) is 6.06. The number of benzene rings is 1. The minimum atomic E-state index is -0.674. The van der Waals surface area contributed by atoms with Gasteiger partial charge >= 0.3 is 0 Å². The minimum absolute atomic E-state index is 0.0989. The Labute approximate surface area is 123 Å². The predicted molar refractivity (Wildman–Crippen MR) is 84.5 cm³/mol. The summed E-state index contributed by atoms with van der Waals surface area (Å²) in [5.41, 5.74) is 6.58. The lowest BCUT2D eigenvalue weighted by Crippen LogP contribution is -2.52. The molecule has 1 fully saturated rings. The van der Waals surface area contributed by atoms with E-state index < -0.39 is 5.60 Å². The standard InChI is InChI=1S/C18H29NO/c1-3-15-10-11-17(12-15,14-19)18(20,4-2)13-16-8-6-5-7-9-16/h5-9,15,20H,3-4,10-14,19H2,1-2H3. The zero-order chi connectivity index (χ0) is 14.6. The third kappa shape index (κ3) is 2.77. The molecular weight excluding hydrogens is 246 g/mol. The maximum absolute atomic E-state index is 11.4. The molecule has 0 amide bonds. The topological polar surface area (TPSA) is 46.2 Å². The van der Waals surface area contributed by atoms with Crippen LogP contribution in [0.15, 0.2) is 30.3 Å². The van der Waals surface area contributed by atoms with Gasteiger partial charge in [0, 0.05) is 18.4 Å². The van der Waals surface area contributed by atoms with Crippen LogP contribution in [-0.4, -0.2) is 17.3 Å². The van der Waals surface area contributed by atoms with Crippen molar-refractivity contribution in [3.63, 3.8) is 0 Å². The zero-order valence-corrected chi connectivity index (χ0v) is 12.9. The highest BCUT2D eigenvalue weighted by molar-refractivity contribution is 5.19. The summed E-state index contributed by atoms with van der Waals surface area (Å²) in [6, 6.07) is 10.3. The molecule has 0 radical (unpaired) electrons. The molecule has 3 N–H and O–H groups in total. The number of hydrogen-bond acceptors (Lipinski definition) is 2. The SMILES string of the molecule is CCC1CCC(CN)(C(O)(CC)Cc2ccccc2)C1. The van der Waals surface area contributed by atoms with Gasteiger partial charge in [0.1, 0.15) is 0 Å². The smallest absolute Gasteiger partial charge is 0.0753 e. The van der Waals surface area contributed by atoms with E-state index in [0.717, 1.165) is 31.6 Å². The Bertz CT molecular complexity index is 419. The molecule has 1 aromatic rings. The number of nitrogens with two attached hydrogens (primary N) is 1. The monoisotopic (exact) mass is 275 g/mol. The van der Waals surface area contributed by atoms with E-state index in [-0.39, 0.29) is 5.41 Å². The fourth-order valence-electron chi connectivity index (χ4n) is 4.00. The van der Waals surface area contributed by atoms with Crippen LogP contribution in [0.1, 0.15) is 51.5 Å². The summed E-state index contributed by atoms with van der Waals surface area (Å²) in [5.74, 6) is 0.729. The molecule has 1 saturated carbocycles. The highest BCUT2D eigenvalue weighted by atomic mass is 16.3. The first kappa shape index (κ1) is 15.5. The van der Waals surface area contributed by atoms with E-state index in [2.05, 4.69) is 26.0 Å². The highest BCUT2D eigenvalue weighted by Crippen LogP contribution is 2.51. The second-order valence-corrected chi connectivity index (χ2v) is 6.55. The zero-order valence-electron chi connectivity index (χ0n) is 12.9. The van der Waals surface area contributed by atoms with Crippen LogP contribution in [0.4, 0.5) is 0 Å². The molecule has 0 aliphatic heterocycles. The van der Waals surface area contributed by atoms with Crippen LogP contribution in [0, 0.1) is 11.3 Å². The van der Waals surface area contributed by atoms with Gasteiger partial charge in [0.25, 0.3) is 0 Å². The van der Waals surface area contributed by atoms with E-state index in [1.165, 1.54) is 18.4 Å². The van der Waals surface area contributed by atoms with Crippen LogP contribution < -0.4 is 5.73 Å². The molecule has 0 aromatic heterocycles. The number of rotatable bonds is 6.